The second-order valence-electron chi connectivity index (χ2n) is 7.38. The lowest BCUT2D eigenvalue weighted by Crippen LogP contribution is -2.64. The third-order valence-corrected chi connectivity index (χ3v) is 6.44. The fourth-order valence-corrected chi connectivity index (χ4v) is 4.30. The van der Waals surface area contributed by atoms with E-state index in [0.717, 1.165) is 5.56 Å². The number of aliphatic hydroxyl groups excluding tert-OH is 1. The molecule has 5 atom stereocenters. The summed E-state index contributed by atoms with van der Waals surface area (Å²) in [5, 5.41) is 17.0. The van der Waals surface area contributed by atoms with Gasteiger partial charge in [0.05, 0.1) is 29.7 Å². The smallest absolute Gasteiger partial charge is 0.297 e. The van der Waals surface area contributed by atoms with Gasteiger partial charge in [0.25, 0.3) is 16.0 Å². The van der Waals surface area contributed by atoms with Gasteiger partial charge < -0.3 is 19.9 Å². The lowest BCUT2D eigenvalue weighted by atomic mass is 9.94. The minimum absolute atomic E-state index is 0.0544. The van der Waals surface area contributed by atoms with Crippen molar-refractivity contribution >= 4 is 16.0 Å². The van der Waals surface area contributed by atoms with Crippen molar-refractivity contribution in [1.82, 2.24) is 5.32 Å². The van der Waals surface area contributed by atoms with Gasteiger partial charge in [0.1, 0.15) is 6.10 Å². The number of nitrogens with one attached hydrogen (secondary N) is 1. The van der Waals surface area contributed by atoms with Crippen LogP contribution in [0.2, 0.25) is 0 Å². The SMILES string of the molecule is CO[C@@H]1O[C@H](COS(=O)(=O)c2ccc(C)cc2)[C@@H](O)[C@H](N=[N+]=[N-])[C@@H]1NC(=O)c1ccccc1. The molecule has 0 unspecified atom stereocenters. The molecule has 176 valence electrons. The number of hydrogen-bond acceptors (Lipinski definition) is 8. The van der Waals surface area contributed by atoms with Gasteiger partial charge in [0.2, 0.25) is 0 Å². The van der Waals surface area contributed by atoms with E-state index in [-0.39, 0.29) is 4.90 Å². The Morgan fingerprint density at radius 3 is 2.48 bits per heavy atom. The zero-order valence-electron chi connectivity index (χ0n) is 17.9. The molecular formula is C21H24N4O7S. The molecule has 0 saturated carbocycles. The number of rotatable bonds is 8. The number of methoxy groups -OCH3 is 1. The number of benzene rings is 2. The third-order valence-electron chi connectivity index (χ3n) is 5.15. The standard InChI is InChI=1S/C21H24N4O7S/c1-13-8-10-15(11-9-13)33(28,29)31-12-16-19(26)17(24-25-22)18(21(30-2)32-16)23-20(27)14-6-4-3-5-7-14/h3-11,16-19,21,26H,12H2,1-2H3,(H,23,27)/t16-,17-,18+,19-,21-/m1/s1. The number of hydrogen-bond donors (Lipinski definition) is 2. The molecule has 1 aliphatic heterocycles. The topological polar surface area (TPSA) is 160 Å². The number of aliphatic hydroxyl groups is 1. The molecule has 2 N–H and O–H groups in total. The van der Waals surface area contributed by atoms with Crippen LogP contribution >= 0.6 is 0 Å². The molecule has 1 aliphatic rings. The van der Waals surface area contributed by atoms with Crippen LogP contribution < -0.4 is 5.32 Å². The van der Waals surface area contributed by atoms with Gasteiger partial charge in [-0.05, 0) is 36.7 Å². The highest BCUT2D eigenvalue weighted by atomic mass is 32.2. The molecule has 1 amide bonds. The first kappa shape index (κ1) is 24.6. The highest BCUT2D eigenvalue weighted by Crippen LogP contribution is 2.26. The summed E-state index contributed by atoms with van der Waals surface area (Å²) in [6, 6.07) is 12.1. The van der Waals surface area contributed by atoms with Crippen LogP contribution in [-0.2, 0) is 23.8 Å². The molecule has 1 saturated heterocycles. The van der Waals surface area contributed by atoms with Crippen molar-refractivity contribution < 1.29 is 32.0 Å². The first-order valence-electron chi connectivity index (χ1n) is 9.99. The predicted octanol–water partition coefficient (Wildman–Crippen LogP) is 1.91. The molecule has 33 heavy (non-hydrogen) atoms. The molecule has 12 heteroatoms. The molecule has 3 rings (SSSR count). The van der Waals surface area contributed by atoms with Crippen LogP contribution in [0, 0.1) is 6.92 Å². The summed E-state index contributed by atoms with van der Waals surface area (Å²) in [4.78, 5) is 15.3. The quantitative estimate of drug-likeness (QED) is 0.255. The molecule has 0 aromatic heterocycles. The van der Waals surface area contributed by atoms with Crippen LogP contribution in [0.1, 0.15) is 15.9 Å². The van der Waals surface area contributed by atoms with Gasteiger partial charge in [-0.3, -0.25) is 8.98 Å². The Labute approximate surface area is 191 Å². The van der Waals surface area contributed by atoms with E-state index in [9.17, 15) is 18.3 Å². The summed E-state index contributed by atoms with van der Waals surface area (Å²) < 4.78 is 41.0. The monoisotopic (exact) mass is 476 g/mol. The van der Waals surface area contributed by atoms with Crippen LogP contribution in [0.3, 0.4) is 0 Å². The Bertz CT molecular complexity index is 1110. The minimum Gasteiger partial charge on any atom is -0.390 e. The highest BCUT2D eigenvalue weighted by molar-refractivity contribution is 7.86. The highest BCUT2D eigenvalue weighted by Gasteiger charge is 2.46. The number of ether oxygens (including phenoxy) is 2. The molecule has 2 aromatic carbocycles. The van der Waals surface area contributed by atoms with E-state index >= 15 is 0 Å². The van der Waals surface area contributed by atoms with Crippen LogP contribution in [0.15, 0.2) is 64.6 Å². The Kier molecular flexibility index (Phi) is 8.03. The molecule has 1 fully saturated rings. The zero-order valence-corrected chi connectivity index (χ0v) is 18.8. The zero-order chi connectivity index (χ0) is 24.0. The van der Waals surface area contributed by atoms with Crippen LogP contribution in [0.5, 0.6) is 0 Å². The summed E-state index contributed by atoms with van der Waals surface area (Å²) in [6.45, 7) is 1.26. The van der Waals surface area contributed by atoms with Crippen molar-refractivity contribution in [2.75, 3.05) is 13.7 Å². The fourth-order valence-electron chi connectivity index (χ4n) is 3.38. The van der Waals surface area contributed by atoms with Gasteiger partial charge in [-0.15, -0.1) is 0 Å². The van der Waals surface area contributed by atoms with Crippen molar-refractivity contribution in [3.05, 3.63) is 76.2 Å². The summed E-state index contributed by atoms with van der Waals surface area (Å²) in [5.41, 5.74) is 10.2. The number of carbonyl (C=O) groups is 1. The molecule has 2 aromatic rings. The Morgan fingerprint density at radius 1 is 1.21 bits per heavy atom. The van der Waals surface area contributed by atoms with E-state index in [4.69, 9.17) is 19.2 Å². The van der Waals surface area contributed by atoms with Crippen LogP contribution in [-0.4, -0.2) is 63.7 Å². The van der Waals surface area contributed by atoms with Crippen molar-refractivity contribution in [2.24, 2.45) is 5.11 Å². The van der Waals surface area contributed by atoms with Gasteiger partial charge in [0.15, 0.2) is 6.29 Å². The molecule has 0 spiro atoms. The molecular weight excluding hydrogens is 452 g/mol. The Hall–Kier alpha value is -2.99. The first-order valence-corrected chi connectivity index (χ1v) is 11.4. The lowest BCUT2D eigenvalue weighted by molar-refractivity contribution is -0.234. The molecule has 1 heterocycles. The lowest BCUT2D eigenvalue weighted by Gasteiger charge is -2.42. The second-order valence-corrected chi connectivity index (χ2v) is 9.00. The maximum atomic E-state index is 12.6. The average Bonchev–Trinajstić information content (AvgIpc) is 2.81. The van der Waals surface area contributed by atoms with E-state index in [1.807, 2.05) is 6.92 Å². The maximum absolute atomic E-state index is 12.6. The summed E-state index contributed by atoms with van der Waals surface area (Å²) in [6.07, 6.45) is -3.84. The summed E-state index contributed by atoms with van der Waals surface area (Å²) >= 11 is 0. The Balaban J connectivity index is 1.76. The second kappa shape index (κ2) is 10.8. The van der Waals surface area contributed by atoms with E-state index in [1.54, 1.807) is 42.5 Å². The molecule has 0 aliphatic carbocycles. The van der Waals surface area contributed by atoms with Crippen molar-refractivity contribution in [2.45, 2.75) is 42.4 Å². The van der Waals surface area contributed by atoms with Gasteiger partial charge >= 0.3 is 0 Å². The van der Waals surface area contributed by atoms with Crippen molar-refractivity contribution in [3.8, 4) is 0 Å². The number of aryl methyl sites for hydroxylation is 1. The molecule has 11 nitrogen and oxygen atoms in total. The average molecular weight is 477 g/mol. The number of carbonyl (C=O) groups excluding carboxylic acids is 1. The van der Waals surface area contributed by atoms with Gasteiger partial charge in [0, 0.05) is 17.6 Å². The summed E-state index contributed by atoms with van der Waals surface area (Å²) in [5.74, 6) is -0.492. The van der Waals surface area contributed by atoms with Crippen molar-refractivity contribution in [3.63, 3.8) is 0 Å². The van der Waals surface area contributed by atoms with Crippen LogP contribution in [0.4, 0.5) is 0 Å². The first-order chi connectivity index (χ1) is 15.8. The van der Waals surface area contributed by atoms with Crippen molar-refractivity contribution in [1.29, 1.82) is 0 Å². The van der Waals surface area contributed by atoms with Crippen LogP contribution in [0.25, 0.3) is 10.4 Å². The normalized spacial score (nSPS) is 25.1. The number of azide groups is 1. The number of nitrogens with zero attached hydrogens (tertiary/aromatic N) is 3. The third kappa shape index (κ3) is 5.88. The molecule has 0 bridgehead atoms. The van der Waals surface area contributed by atoms with Gasteiger partial charge in [-0.2, -0.15) is 8.42 Å². The molecule has 0 radical (unpaired) electrons. The van der Waals surface area contributed by atoms with E-state index in [0.29, 0.717) is 5.56 Å². The predicted molar refractivity (Wildman–Crippen MR) is 117 cm³/mol. The number of amides is 1. The maximum Gasteiger partial charge on any atom is 0.297 e. The van der Waals surface area contributed by atoms with E-state index < -0.39 is 53.2 Å². The van der Waals surface area contributed by atoms with Gasteiger partial charge in [-0.25, -0.2) is 0 Å². The van der Waals surface area contributed by atoms with Gasteiger partial charge in [-0.1, -0.05) is 41.0 Å². The van der Waals surface area contributed by atoms with E-state index in [2.05, 4.69) is 15.3 Å². The van der Waals surface area contributed by atoms with E-state index in [1.165, 1.54) is 19.2 Å². The minimum atomic E-state index is -4.13. The fraction of sp³-hybridized carbons (Fsp3) is 0.381. The Morgan fingerprint density at radius 2 is 1.88 bits per heavy atom. The largest absolute Gasteiger partial charge is 0.390 e. The summed E-state index contributed by atoms with van der Waals surface area (Å²) in [7, 11) is -2.82.